The van der Waals surface area contributed by atoms with E-state index in [0.29, 0.717) is 13.1 Å². The molecular weight excluding hydrogens is 236 g/mol. The van der Waals surface area contributed by atoms with Crippen molar-refractivity contribution in [1.82, 2.24) is 4.72 Å². The first-order valence-corrected chi connectivity index (χ1v) is 7.62. The minimum absolute atomic E-state index is 0. The molecule has 0 aliphatic rings. The highest BCUT2D eigenvalue weighted by Crippen LogP contribution is 2.08. The molecule has 0 aliphatic heterocycles. The Morgan fingerprint density at radius 3 is 2.41 bits per heavy atom. The largest absolute Gasteiger partial charge is 0.384 e. The summed E-state index contributed by atoms with van der Waals surface area (Å²) in [5.74, 6) is 0. The van der Waals surface area contributed by atoms with Crippen LogP contribution in [0, 0.1) is 6.92 Å². The third-order valence-corrected chi connectivity index (χ3v) is 2.56. The highest BCUT2D eigenvalue weighted by atomic mass is 32.2. The summed E-state index contributed by atoms with van der Waals surface area (Å²) in [5, 5.41) is 3.13. The zero-order chi connectivity index (χ0) is 13.3. The lowest BCUT2D eigenvalue weighted by Gasteiger charge is -2.07. The Morgan fingerprint density at radius 1 is 1.24 bits per heavy atom. The summed E-state index contributed by atoms with van der Waals surface area (Å²) in [7, 11) is -3.08. The van der Waals surface area contributed by atoms with E-state index >= 15 is 0 Å². The van der Waals surface area contributed by atoms with Gasteiger partial charge in [-0.2, -0.15) is 0 Å². The molecule has 0 aromatic heterocycles. The zero-order valence-electron chi connectivity index (χ0n) is 10.9. The van der Waals surface area contributed by atoms with Crippen LogP contribution in [0.15, 0.2) is 24.3 Å². The maximum absolute atomic E-state index is 10.8. The summed E-state index contributed by atoms with van der Waals surface area (Å²) >= 11 is 0. The molecule has 0 bridgehead atoms. The molecule has 1 rings (SSSR count). The summed E-state index contributed by atoms with van der Waals surface area (Å²) < 4.78 is 23.9. The minimum Gasteiger partial charge on any atom is -0.384 e. The number of nitrogens with one attached hydrogen (secondary N) is 2. The van der Waals surface area contributed by atoms with Crippen molar-refractivity contribution in [3.05, 3.63) is 29.8 Å². The Bertz CT molecular complexity index is 425. The summed E-state index contributed by atoms with van der Waals surface area (Å²) in [6, 6.07) is 7.94. The second-order valence-electron chi connectivity index (χ2n) is 3.46. The van der Waals surface area contributed by atoms with Gasteiger partial charge < -0.3 is 5.32 Å². The van der Waals surface area contributed by atoms with Gasteiger partial charge in [0.05, 0.1) is 6.26 Å². The van der Waals surface area contributed by atoms with Gasteiger partial charge in [-0.1, -0.05) is 26.0 Å². The molecule has 1 aromatic rings. The maximum atomic E-state index is 10.8. The van der Waals surface area contributed by atoms with Gasteiger partial charge in [-0.3, -0.25) is 0 Å². The normalized spacial score (nSPS) is 10.4. The lowest BCUT2D eigenvalue weighted by atomic mass is 10.2. The number of hydrogen-bond donors (Lipinski definition) is 2. The Morgan fingerprint density at radius 2 is 1.88 bits per heavy atom. The van der Waals surface area contributed by atoms with E-state index in [-0.39, 0.29) is 2.85 Å². The second kappa shape index (κ2) is 8.08. The Balaban J connectivity index is -0.000000609. The van der Waals surface area contributed by atoms with Crippen LogP contribution in [-0.4, -0.2) is 27.8 Å². The summed E-state index contributed by atoms with van der Waals surface area (Å²) in [6.07, 6.45) is 1.15. The average Bonchev–Trinajstić information content (AvgIpc) is 2.26. The van der Waals surface area contributed by atoms with Crippen LogP contribution in [0.2, 0.25) is 0 Å². The van der Waals surface area contributed by atoms with E-state index in [1.165, 1.54) is 5.56 Å². The van der Waals surface area contributed by atoms with E-state index < -0.39 is 10.0 Å². The Kier molecular flexibility index (Phi) is 7.58. The molecule has 0 heterocycles. The van der Waals surface area contributed by atoms with Gasteiger partial charge in [0.2, 0.25) is 10.0 Å². The molecule has 1 aromatic carbocycles. The fourth-order valence-corrected chi connectivity index (χ4v) is 1.67. The summed E-state index contributed by atoms with van der Waals surface area (Å²) in [4.78, 5) is 0. The van der Waals surface area contributed by atoms with Crippen LogP contribution >= 0.6 is 0 Å². The molecule has 0 amide bonds. The van der Waals surface area contributed by atoms with E-state index in [1.54, 1.807) is 0 Å². The van der Waals surface area contributed by atoms with Crippen LogP contribution in [-0.2, 0) is 10.0 Å². The van der Waals surface area contributed by atoms with Gasteiger partial charge in [-0.25, -0.2) is 13.1 Å². The minimum atomic E-state index is -3.08. The van der Waals surface area contributed by atoms with Gasteiger partial charge in [-0.05, 0) is 24.6 Å². The second-order valence-corrected chi connectivity index (χ2v) is 5.30. The average molecular weight is 262 g/mol. The third kappa shape index (κ3) is 8.71. The molecule has 0 unspecified atom stereocenters. The molecule has 2 N–H and O–H groups in total. The monoisotopic (exact) mass is 262 g/mol. The number of anilines is 1. The van der Waals surface area contributed by atoms with Crippen LogP contribution in [0.5, 0.6) is 0 Å². The SMILES string of the molecule is CC.Cc1cccc(NCCNS(C)(=O)=O)c1.[HH].[HH]. The molecule has 0 aliphatic carbocycles. The fraction of sp³-hybridized carbons (Fsp3) is 0.500. The van der Waals surface area contributed by atoms with Crippen molar-refractivity contribution in [1.29, 1.82) is 0 Å². The molecule has 0 radical (unpaired) electrons. The smallest absolute Gasteiger partial charge is 0.208 e. The molecule has 0 spiro atoms. The predicted octanol–water partition coefficient (Wildman–Crippen LogP) is 2.47. The van der Waals surface area contributed by atoms with Crippen LogP contribution in [0.3, 0.4) is 0 Å². The fourth-order valence-electron chi connectivity index (χ4n) is 1.20. The number of hydrogen-bond acceptors (Lipinski definition) is 3. The molecule has 0 atom stereocenters. The van der Waals surface area contributed by atoms with E-state index in [1.807, 2.05) is 45.0 Å². The van der Waals surface area contributed by atoms with Gasteiger partial charge in [-0.15, -0.1) is 0 Å². The van der Waals surface area contributed by atoms with Gasteiger partial charge >= 0.3 is 0 Å². The standard InChI is InChI=1S/C10H16N2O2S.C2H6.2H2/c1-9-4-3-5-10(8-9)11-6-7-12-15(2,13)14;1-2;;/h3-5,8,11-12H,6-7H2,1-2H3;1-2H3;2*1H. The highest BCUT2D eigenvalue weighted by Gasteiger charge is 1.98. The van der Waals surface area contributed by atoms with Crippen LogP contribution in [0.4, 0.5) is 5.69 Å². The van der Waals surface area contributed by atoms with E-state index in [9.17, 15) is 8.42 Å². The van der Waals surface area contributed by atoms with Crippen LogP contribution < -0.4 is 10.0 Å². The first kappa shape index (κ1) is 15.9. The predicted molar refractivity (Wildman–Crippen MR) is 78.1 cm³/mol. The molecule has 17 heavy (non-hydrogen) atoms. The van der Waals surface area contributed by atoms with Crippen molar-refractivity contribution >= 4 is 15.7 Å². The van der Waals surface area contributed by atoms with E-state index in [4.69, 9.17) is 0 Å². The molecule has 0 saturated carbocycles. The Labute approximate surface area is 107 Å². The van der Waals surface area contributed by atoms with Gasteiger partial charge in [0.25, 0.3) is 0 Å². The van der Waals surface area contributed by atoms with Crippen molar-refractivity contribution in [2.45, 2.75) is 20.8 Å². The first-order chi connectivity index (χ1) is 7.97. The number of aryl methyl sites for hydroxylation is 1. The topological polar surface area (TPSA) is 58.2 Å². The van der Waals surface area contributed by atoms with Crippen molar-refractivity contribution in [3.63, 3.8) is 0 Å². The molecule has 0 saturated heterocycles. The van der Waals surface area contributed by atoms with Crippen molar-refractivity contribution in [2.24, 2.45) is 0 Å². The van der Waals surface area contributed by atoms with Crippen molar-refractivity contribution in [3.8, 4) is 0 Å². The maximum Gasteiger partial charge on any atom is 0.208 e. The van der Waals surface area contributed by atoms with Crippen molar-refractivity contribution in [2.75, 3.05) is 24.7 Å². The number of rotatable bonds is 5. The molecule has 102 valence electrons. The first-order valence-electron chi connectivity index (χ1n) is 5.72. The van der Waals surface area contributed by atoms with Crippen molar-refractivity contribution < 1.29 is 11.3 Å². The zero-order valence-corrected chi connectivity index (χ0v) is 11.8. The quantitative estimate of drug-likeness (QED) is 0.801. The van der Waals surface area contributed by atoms with E-state index in [2.05, 4.69) is 10.0 Å². The van der Waals surface area contributed by atoms with Crippen LogP contribution in [0.1, 0.15) is 22.3 Å². The van der Waals surface area contributed by atoms with Crippen LogP contribution in [0.25, 0.3) is 0 Å². The molecule has 4 nitrogen and oxygen atoms in total. The molecule has 0 fully saturated rings. The molecular formula is C12H26N2O2S. The van der Waals surface area contributed by atoms with Gasteiger partial charge in [0.15, 0.2) is 0 Å². The van der Waals surface area contributed by atoms with Gasteiger partial charge in [0.1, 0.15) is 0 Å². The van der Waals surface area contributed by atoms with E-state index in [0.717, 1.165) is 11.9 Å². The highest BCUT2D eigenvalue weighted by molar-refractivity contribution is 7.88. The number of sulfonamides is 1. The lowest BCUT2D eigenvalue weighted by Crippen LogP contribution is -2.27. The summed E-state index contributed by atoms with van der Waals surface area (Å²) in [5.41, 5.74) is 2.18. The third-order valence-electron chi connectivity index (χ3n) is 1.84. The van der Waals surface area contributed by atoms with Gasteiger partial charge in [0, 0.05) is 21.6 Å². The summed E-state index contributed by atoms with van der Waals surface area (Å²) in [6.45, 7) is 6.99. The molecule has 5 heteroatoms. The Hall–Kier alpha value is -1.07. The lowest BCUT2D eigenvalue weighted by molar-refractivity contribution is 0.589. The number of benzene rings is 1.